The lowest BCUT2D eigenvalue weighted by Gasteiger charge is -2.35. The summed E-state index contributed by atoms with van der Waals surface area (Å²) in [6.45, 7) is 4.38. The molecule has 0 N–H and O–H groups in total. The van der Waals surface area contributed by atoms with Crippen molar-refractivity contribution in [2.24, 2.45) is 0 Å². The average molecular weight is 233 g/mol. The first kappa shape index (κ1) is 11.3. The van der Waals surface area contributed by atoms with E-state index in [9.17, 15) is 4.79 Å². The minimum atomic E-state index is 0.0363. The van der Waals surface area contributed by atoms with E-state index in [0.717, 1.165) is 18.1 Å². The predicted octanol–water partition coefficient (Wildman–Crippen LogP) is 2.49. The summed E-state index contributed by atoms with van der Waals surface area (Å²) in [4.78, 5) is 13.7. The molecule has 1 atom stereocenters. The summed E-state index contributed by atoms with van der Waals surface area (Å²) >= 11 is 1.90. The van der Waals surface area contributed by atoms with Crippen LogP contribution in [0.5, 0.6) is 0 Å². The molecule has 2 nitrogen and oxygen atoms in total. The van der Waals surface area contributed by atoms with Crippen molar-refractivity contribution in [1.29, 1.82) is 0 Å². The zero-order valence-corrected chi connectivity index (χ0v) is 9.95. The van der Waals surface area contributed by atoms with E-state index < -0.39 is 0 Å². The maximum absolute atomic E-state index is 11.7. The molecule has 2 rings (SSSR count). The molecule has 1 fully saturated rings. The van der Waals surface area contributed by atoms with Crippen molar-refractivity contribution in [2.75, 3.05) is 18.1 Å². The lowest BCUT2D eigenvalue weighted by Crippen LogP contribution is -2.39. The molecule has 1 aliphatic heterocycles. The first-order valence-electron chi connectivity index (χ1n) is 5.38. The second-order valence-electron chi connectivity index (χ2n) is 3.74. The molecule has 84 valence electrons. The molecule has 0 aromatic heterocycles. The largest absolute Gasteiger partial charge is 0.330 e. The number of hydrogen-bond acceptors (Lipinski definition) is 2. The standard InChI is InChI=1S/C13H15NOS/c1-2-13(15)14-8-9-16-10-12(14)11-6-4-3-5-7-11/h2-7,12H,1,8-10H2. The second kappa shape index (κ2) is 5.21. The highest BCUT2D eigenvalue weighted by Gasteiger charge is 2.26. The molecule has 16 heavy (non-hydrogen) atoms. The molecule has 1 saturated heterocycles. The lowest BCUT2D eigenvalue weighted by atomic mass is 10.1. The van der Waals surface area contributed by atoms with Crippen LogP contribution in [-0.2, 0) is 4.79 Å². The van der Waals surface area contributed by atoms with Crippen LogP contribution in [0.25, 0.3) is 0 Å². The van der Waals surface area contributed by atoms with Gasteiger partial charge in [0.1, 0.15) is 0 Å². The van der Waals surface area contributed by atoms with Crippen molar-refractivity contribution in [3.05, 3.63) is 48.6 Å². The van der Waals surface area contributed by atoms with E-state index >= 15 is 0 Å². The molecule has 3 heteroatoms. The van der Waals surface area contributed by atoms with Crippen LogP contribution in [-0.4, -0.2) is 28.9 Å². The molecule has 1 unspecified atom stereocenters. The number of carbonyl (C=O) groups is 1. The van der Waals surface area contributed by atoms with Crippen molar-refractivity contribution in [3.8, 4) is 0 Å². The molecule has 0 spiro atoms. The van der Waals surface area contributed by atoms with E-state index in [1.165, 1.54) is 11.6 Å². The van der Waals surface area contributed by atoms with Crippen molar-refractivity contribution < 1.29 is 4.79 Å². The zero-order chi connectivity index (χ0) is 11.4. The van der Waals surface area contributed by atoms with Gasteiger partial charge in [0.05, 0.1) is 6.04 Å². The molecular weight excluding hydrogens is 218 g/mol. The van der Waals surface area contributed by atoms with E-state index in [2.05, 4.69) is 18.7 Å². The Bertz CT molecular complexity index is 377. The molecule has 0 saturated carbocycles. The maximum atomic E-state index is 11.7. The van der Waals surface area contributed by atoms with Gasteiger partial charge < -0.3 is 4.90 Å². The number of thioether (sulfide) groups is 1. The molecule has 1 aliphatic rings. The Balaban J connectivity index is 2.23. The van der Waals surface area contributed by atoms with E-state index in [0.29, 0.717) is 0 Å². The van der Waals surface area contributed by atoms with Gasteiger partial charge >= 0.3 is 0 Å². The third-order valence-corrected chi connectivity index (χ3v) is 3.79. The Morgan fingerprint density at radius 1 is 1.44 bits per heavy atom. The van der Waals surface area contributed by atoms with Gasteiger partial charge in [-0.05, 0) is 11.6 Å². The molecule has 0 aliphatic carbocycles. The highest BCUT2D eigenvalue weighted by Crippen LogP contribution is 2.29. The van der Waals surface area contributed by atoms with Crippen molar-refractivity contribution in [3.63, 3.8) is 0 Å². The van der Waals surface area contributed by atoms with Gasteiger partial charge in [-0.3, -0.25) is 4.79 Å². The maximum Gasteiger partial charge on any atom is 0.246 e. The van der Waals surface area contributed by atoms with Crippen molar-refractivity contribution in [2.45, 2.75) is 6.04 Å². The summed E-state index contributed by atoms with van der Waals surface area (Å²) in [7, 11) is 0. The van der Waals surface area contributed by atoms with Crippen LogP contribution in [0, 0.1) is 0 Å². The molecule has 0 bridgehead atoms. The predicted molar refractivity (Wildman–Crippen MR) is 68.4 cm³/mol. The summed E-state index contributed by atoms with van der Waals surface area (Å²) in [5.41, 5.74) is 1.21. The number of hydrogen-bond donors (Lipinski definition) is 0. The molecule has 1 heterocycles. The number of carbonyl (C=O) groups excluding carboxylic acids is 1. The normalized spacial score (nSPS) is 20.5. The first-order chi connectivity index (χ1) is 7.83. The molecule has 1 aromatic carbocycles. The van der Waals surface area contributed by atoms with E-state index in [1.54, 1.807) is 0 Å². The Labute approximate surface area is 100 Å². The summed E-state index contributed by atoms with van der Waals surface area (Å²) in [6.07, 6.45) is 1.41. The van der Waals surface area contributed by atoms with E-state index in [-0.39, 0.29) is 11.9 Å². The van der Waals surface area contributed by atoms with Gasteiger partial charge in [-0.1, -0.05) is 36.9 Å². The fourth-order valence-corrected chi connectivity index (χ4v) is 3.02. The topological polar surface area (TPSA) is 20.3 Å². The van der Waals surface area contributed by atoms with Gasteiger partial charge in [0, 0.05) is 18.1 Å². The summed E-state index contributed by atoms with van der Waals surface area (Å²) in [5.74, 6) is 2.03. The van der Waals surface area contributed by atoms with E-state index in [1.807, 2.05) is 34.9 Å². The van der Waals surface area contributed by atoms with Crippen LogP contribution < -0.4 is 0 Å². The highest BCUT2D eigenvalue weighted by molar-refractivity contribution is 7.99. The lowest BCUT2D eigenvalue weighted by molar-refractivity contribution is -0.127. The number of nitrogens with zero attached hydrogens (tertiary/aromatic N) is 1. The highest BCUT2D eigenvalue weighted by atomic mass is 32.2. The zero-order valence-electron chi connectivity index (χ0n) is 9.13. The number of amides is 1. The summed E-state index contributed by atoms with van der Waals surface area (Å²) < 4.78 is 0. The molecule has 1 aromatic rings. The smallest absolute Gasteiger partial charge is 0.246 e. The minimum absolute atomic E-state index is 0.0363. The third kappa shape index (κ3) is 2.30. The monoisotopic (exact) mass is 233 g/mol. The second-order valence-corrected chi connectivity index (χ2v) is 4.89. The number of rotatable bonds is 2. The van der Waals surface area contributed by atoms with Crippen molar-refractivity contribution in [1.82, 2.24) is 4.90 Å². The molecular formula is C13H15NOS. The van der Waals surface area contributed by atoms with Gasteiger partial charge in [-0.15, -0.1) is 0 Å². The minimum Gasteiger partial charge on any atom is -0.330 e. The summed E-state index contributed by atoms with van der Waals surface area (Å²) in [5, 5.41) is 0. The fraction of sp³-hybridized carbons (Fsp3) is 0.308. The Morgan fingerprint density at radius 3 is 2.88 bits per heavy atom. The quantitative estimate of drug-likeness (QED) is 0.731. The Hall–Kier alpha value is -1.22. The van der Waals surface area contributed by atoms with Crippen LogP contribution in [0.3, 0.4) is 0 Å². The average Bonchev–Trinajstić information content (AvgIpc) is 2.39. The van der Waals surface area contributed by atoms with Gasteiger partial charge in [0.2, 0.25) is 5.91 Å². The van der Waals surface area contributed by atoms with Gasteiger partial charge in [0.15, 0.2) is 0 Å². The van der Waals surface area contributed by atoms with Gasteiger partial charge in [0.25, 0.3) is 0 Å². The van der Waals surface area contributed by atoms with Crippen LogP contribution in [0.2, 0.25) is 0 Å². The van der Waals surface area contributed by atoms with E-state index in [4.69, 9.17) is 0 Å². The SMILES string of the molecule is C=CC(=O)N1CCSCC1c1ccccc1. The molecule has 1 amide bonds. The Kier molecular flexibility index (Phi) is 3.67. The van der Waals surface area contributed by atoms with Crippen LogP contribution in [0.1, 0.15) is 11.6 Å². The molecule has 0 radical (unpaired) electrons. The Morgan fingerprint density at radius 2 is 2.19 bits per heavy atom. The van der Waals surface area contributed by atoms with Crippen molar-refractivity contribution >= 4 is 17.7 Å². The van der Waals surface area contributed by atoms with Gasteiger partial charge in [-0.25, -0.2) is 0 Å². The van der Waals surface area contributed by atoms with Gasteiger partial charge in [-0.2, -0.15) is 11.8 Å². The fourth-order valence-electron chi connectivity index (χ4n) is 1.94. The number of benzene rings is 1. The van der Waals surface area contributed by atoms with Crippen LogP contribution in [0.4, 0.5) is 0 Å². The first-order valence-corrected chi connectivity index (χ1v) is 6.54. The van der Waals surface area contributed by atoms with Crippen LogP contribution >= 0.6 is 11.8 Å². The summed E-state index contributed by atoms with van der Waals surface area (Å²) in [6, 6.07) is 10.4. The third-order valence-electron chi connectivity index (χ3n) is 2.77. The van der Waals surface area contributed by atoms with Crippen LogP contribution in [0.15, 0.2) is 43.0 Å².